The van der Waals surface area contributed by atoms with E-state index in [9.17, 15) is 9.59 Å². The van der Waals surface area contributed by atoms with E-state index in [1.165, 1.54) is 12.8 Å². The highest BCUT2D eigenvalue weighted by molar-refractivity contribution is 5.98. The molecule has 31 heavy (non-hydrogen) atoms. The Labute approximate surface area is 186 Å². The normalized spacial score (nSPS) is 15.1. The second kappa shape index (κ2) is 11.7. The van der Waals surface area contributed by atoms with Gasteiger partial charge in [-0.15, -0.1) is 0 Å². The molecule has 1 aliphatic carbocycles. The van der Waals surface area contributed by atoms with Crippen molar-refractivity contribution in [1.82, 2.24) is 10.2 Å². The van der Waals surface area contributed by atoms with E-state index >= 15 is 0 Å². The van der Waals surface area contributed by atoms with Crippen LogP contribution in [0.1, 0.15) is 61.4 Å². The summed E-state index contributed by atoms with van der Waals surface area (Å²) in [5.74, 6) is 0.206. The SMILES string of the molecule is CCN(CC)CCNC(=O)c1ccc(NC(=O)[C@H](c2ccccc2)C2CCCC2)cc1. The number of rotatable bonds is 10. The molecule has 0 heterocycles. The van der Waals surface area contributed by atoms with Gasteiger partial charge in [0.05, 0.1) is 5.92 Å². The number of amides is 2. The third kappa shape index (κ3) is 6.41. The smallest absolute Gasteiger partial charge is 0.251 e. The highest BCUT2D eigenvalue weighted by Crippen LogP contribution is 2.38. The van der Waals surface area contributed by atoms with E-state index in [1.54, 1.807) is 12.1 Å². The van der Waals surface area contributed by atoms with Crippen LogP contribution in [0.3, 0.4) is 0 Å². The van der Waals surface area contributed by atoms with Crippen LogP contribution in [0.4, 0.5) is 5.69 Å². The molecule has 0 bridgehead atoms. The van der Waals surface area contributed by atoms with Gasteiger partial charge in [0.15, 0.2) is 0 Å². The molecule has 0 spiro atoms. The molecule has 1 saturated carbocycles. The first-order valence-electron chi connectivity index (χ1n) is 11.6. The second-order valence-corrected chi connectivity index (χ2v) is 8.28. The predicted molar refractivity (Wildman–Crippen MR) is 126 cm³/mol. The van der Waals surface area contributed by atoms with Crippen LogP contribution >= 0.6 is 0 Å². The Balaban J connectivity index is 1.60. The maximum Gasteiger partial charge on any atom is 0.251 e. The average Bonchev–Trinajstić information content (AvgIpc) is 3.32. The number of carbonyl (C=O) groups is 2. The third-order valence-corrected chi connectivity index (χ3v) is 6.34. The van der Waals surface area contributed by atoms with Crippen LogP contribution in [0.15, 0.2) is 54.6 Å². The van der Waals surface area contributed by atoms with E-state index in [4.69, 9.17) is 0 Å². The topological polar surface area (TPSA) is 61.4 Å². The van der Waals surface area contributed by atoms with E-state index < -0.39 is 0 Å². The molecular formula is C26H35N3O2. The molecule has 166 valence electrons. The van der Waals surface area contributed by atoms with Crippen molar-refractivity contribution in [3.8, 4) is 0 Å². The highest BCUT2D eigenvalue weighted by Gasteiger charge is 2.31. The monoisotopic (exact) mass is 421 g/mol. The summed E-state index contributed by atoms with van der Waals surface area (Å²) in [6.07, 6.45) is 4.58. The molecule has 0 aromatic heterocycles. The van der Waals surface area contributed by atoms with Gasteiger partial charge < -0.3 is 15.5 Å². The summed E-state index contributed by atoms with van der Waals surface area (Å²) in [6, 6.07) is 17.3. The third-order valence-electron chi connectivity index (χ3n) is 6.34. The van der Waals surface area contributed by atoms with Gasteiger partial charge in [0, 0.05) is 24.3 Å². The molecular weight excluding hydrogens is 386 g/mol. The lowest BCUT2D eigenvalue weighted by molar-refractivity contribution is -0.118. The van der Waals surface area contributed by atoms with Crippen molar-refractivity contribution < 1.29 is 9.59 Å². The molecule has 3 rings (SSSR count). The van der Waals surface area contributed by atoms with E-state index in [-0.39, 0.29) is 17.7 Å². The lowest BCUT2D eigenvalue weighted by Gasteiger charge is -2.23. The Morgan fingerprint density at radius 2 is 1.61 bits per heavy atom. The molecule has 1 aliphatic rings. The first-order chi connectivity index (χ1) is 15.1. The van der Waals surface area contributed by atoms with Gasteiger partial charge in [-0.05, 0) is 61.7 Å². The Bertz CT molecular complexity index is 825. The van der Waals surface area contributed by atoms with Gasteiger partial charge in [-0.25, -0.2) is 0 Å². The number of hydrogen-bond donors (Lipinski definition) is 2. The molecule has 5 heteroatoms. The Morgan fingerprint density at radius 1 is 0.968 bits per heavy atom. The molecule has 0 aliphatic heterocycles. The van der Waals surface area contributed by atoms with Crippen LogP contribution in [0.25, 0.3) is 0 Å². The number of benzene rings is 2. The molecule has 0 unspecified atom stereocenters. The summed E-state index contributed by atoms with van der Waals surface area (Å²) < 4.78 is 0. The van der Waals surface area contributed by atoms with E-state index in [0.29, 0.717) is 18.0 Å². The van der Waals surface area contributed by atoms with Gasteiger partial charge in [-0.3, -0.25) is 9.59 Å². The Kier molecular flexibility index (Phi) is 8.65. The first kappa shape index (κ1) is 23.0. The number of likely N-dealkylation sites (N-methyl/N-ethyl adjacent to an activating group) is 1. The molecule has 0 saturated heterocycles. The van der Waals surface area contributed by atoms with Crippen LogP contribution in [-0.2, 0) is 4.79 Å². The number of hydrogen-bond acceptors (Lipinski definition) is 3. The molecule has 0 radical (unpaired) electrons. The Hall–Kier alpha value is -2.66. The van der Waals surface area contributed by atoms with Crippen molar-refractivity contribution in [2.75, 3.05) is 31.5 Å². The summed E-state index contributed by atoms with van der Waals surface area (Å²) in [5, 5.41) is 6.05. The fraction of sp³-hybridized carbons (Fsp3) is 0.462. The maximum atomic E-state index is 13.2. The molecule has 2 N–H and O–H groups in total. The van der Waals surface area contributed by atoms with Crippen LogP contribution in [0.5, 0.6) is 0 Å². The van der Waals surface area contributed by atoms with Gasteiger partial charge >= 0.3 is 0 Å². The minimum absolute atomic E-state index is 0.0366. The van der Waals surface area contributed by atoms with Crippen LogP contribution in [0, 0.1) is 5.92 Å². The van der Waals surface area contributed by atoms with Crippen molar-refractivity contribution in [2.24, 2.45) is 5.92 Å². The molecule has 2 aromatic carbocycles. The number of nitrogens with zero attached hydrogens (tertiary/aromatic N) is 1. The van der Waals surface area contributed by atoms with Crippen molar-refractivity contribution in [3.63, 3.8) is 0 Å². The van der Waals surface area contributed by atoms with Gasteiger partial charge in [0.1, 0.15) is 0 Å². The van der Waals surface area contributed by atoms with Crippen molar-refractivity contribution in [1.29, 1.82) is 0 Å². The highest BCUT2D eigenvalue weighted by atomic mass is 16.2. The van der Waals surface area contributed by atoms with Gasteiger partial charge in [0.2, 0.25) is 5.91 Å². The molecule has 2 aromatic rings. The van der Waals surface area contributed by atoms with Crippen LogP contribution in [-0.4, -0.2) is 42.9 Å². The summed E-state index contributed by atoms with van der Waals surface area (Å²) in [4.78, 5) is 27.8. The lowest BCUT2D eigenvalue weighted by Crippen LogP contribution is -2.34. The van der Waals surface area contributed by atoms with E-state index in [0.717, 1.165) is 43.7 Å². The van der Waals surface area contributed by atoms with Gasteiger partial charge in [0.25, 0.3) is 5.91 Å². The predicted octanol–water partition coefficient (Wildman–Crippen LogP) is 4.67. The zero-order valence-electron chi connectivity index (χ0n) is 18.8. The van der Waals surface area contributed by atoms with Gasteiger partial charge in [-0.2, -0.15) is 0 Å². The van der Waals surface area contributed by atoms with E-state index in [1.807, 2.05) is 42.5 Å². The van der Waals surface area contributed by atoms with Crippen LogP contribution < -0.4 is 10.6 Å². The number of carbonyl (C=O) groups excluding carboxylic acids is 2. The summed E-state index contributed by atoms with van der Waals surface area (Å²) >= 11 is 0. The zero-order chi connectivity index (χ0) is 22.1. The molecule has 2 amide bonds. The standard InChI is InChI=1S/C26H35N3O2/c1-3-29(4-2)19-18-27-25(30)22-14-16-23(17-15-22)28-26(31)24(21-12-8-9-13-21)20-10-6-5-7-11-20/h5-7,10-11,14-17,21,24H,3-4,8-9,12-13,18-19H2,1-2H3,(H,27,30)(H,28,31)/t24-/m1/s1. The lowest BCUT2D eigenvalue weighted by atomic mass is 9.84. The Morgan fingerprint density at radius 3 is 2.23 bits per heavy atom. The van der Waals surface area contributed by atoms with Gasteiger partial charge in [-0.1, -0.05) is 57.0 Å². The average molecular weight is 422 g/mol. The minimum atomic E-state index is -0.133. The van der Waals surface area contributed by atoms with Crippen LogP contribution in [0.2, 0.25) is 0 Å². The number of anilines is 1. The fourth-order valence-corrected chi connectivity index (χ4v) is 4.48. The fourth-order valence-electron chi connectivity index (χ4n) is 4.48. The van der Waals surface area contributed by atoms with Crippen molar-refractivity contribution >= 4 is 17.5 Å². The summed E-state index contributed by atoms with van der Waals surface area (Å²) in [6.45, 7) is 7.66. The minimum Gasteiger partial charge on any atom is -0.351 e. The van der Waals surface area contributed by atoms with E-state index in [2.05, 4.69) is 29.4 Å². The summed E-state index contributed by atoms with van der Waals surface area (Å²) in [7, 11) is 0. The molecule has 1 atom stereocenters. The van der Waals surface area contributed by atoms with Crippen molar-refractivity contribution in [3.05, 3.63) is 65.7 Å². The maximum absolute atomic E-state index is 13.2. The second-order valence-electron chi connectivity index (χ2n) is 8.28. The quantitative estimate of drug-likeness (QED) is 0.586. The number of nitrogens with one attached hydrogen (secondary N) is 2. The van der Waals surface area contributed by atoms with Crippen molar-refractivity contribution in [2.45, 2.75) is 45.4 Å². The zero-order valence-corrected chi connectivity index (χ0v) is 18.8. The summed E-state index contributed by atoms with van der Waals surface area (Å²) in [5.41, 5.74) is 2.41. The first-order valence-corrected chi connectivity index (χ1v) is 11.6. The largest absolute Gasteiger partial charge is 0.351 e. The molecule has 1 fully saturated rings. The molecule has 5 nitrogen and oxygen atoms in total.